The maximum atomic E-state index is 14.3. The second kappa shape index (κ2) is 15.3. The quantitative estimate of drug-likeness (QED) is 0.262. The van der Waals surface area contributed by atoms with Crippen molar-refractivity contribution in [3.63, 3.8) is 0 Å². The van der Waals surface area contributed by atoms with Crippen molar-refractivity contribution in [3.05, 3.63) is 89.5 Å². The predicted molar refractivity (Wildman–Crippen MR) is 165 cm³/mol. The van der Waals surface area contributed by atoms with Gasteiger partial charge in [-0.2, -0.15) is 0 Å². The van der Waals surface area contributed by atoms with E-state index in [1.807, 2.05) is 68.4 Å². The first-order valence-electron chi connectivity index (χ1n) is 13.9. The second-order valence-electron chi connectivity index (χ2n) is 10.2. The Morgan fingerprint density at radius 2 is 1.64 bits per heavy atom. The number of hydrogen-bond donors (Lipinski definition) is 1. The van der Waals surface area contributed by atoms with Crippen LogP contribution in [0.15, 0.2) is 72.8 Å². The van der Waals surface area contributed by atoms with Crippen molar-refractivity contribution >= 4 is 27.5 Å². The van der Waals surface area contributed by atoms with Gasteiger partial charge in [-0.05, 0) is 36.6 Å². The predicted octanol–water partition coefficient (Wildman–Crippen LogP) is 4.33. The van der Waals surface area contributed by atoms with Crippen molar-refractivity contribution in [2.24, 2.45) is 0 Å². The van der Waals surface area contributed by atoms with Crippen LogP contribution in [0.3, 0.4) is 0 Å². The van der Waals surface area contributed by atoms with Gasteiger partial charge in [-0.3, -0.25) is 13.9 Å². The van der Waals surface area contributed by atoms with Gasteiger partial charge >= 0.3 is 0 Å². The fourth-order valence-corrected chi connectivity index (χ4v) is 5.50. The lowest BCUT2D eigenvalue weighted by Crippen LogP contribution is -2.53. The average molecular weight is 596 g/mol. The summed E-state index contributed by atoms with van der Waals surface area (Å²) in [6.45, 7) is 4.04. The van der Waals surface area contributed by atoms with Crippen LogP contribution >= 0.6 is 0 Å². The van der Waals surface area contributed by atoms with E-state index < -0.39 is 28.5 Å². The van der Waals surface area contributed by atoms with Crippen LogP contribution in [0.4, 0.5) is 5.69 Å². The Bertz CT molecular complexity index is 1450. The number of methoxy groups -OCH3 is 2. The van der Waals surface area contributed by atoms with Crippen molar-refractivity contribution in [2.45, 2.75) is 45.7 Å². The molecule has 42 heavy (non-hydrogen) atoms. The highest BCUT2D eigenvalue weighted by Crippen LogP contribution is 2.34. The van der Waals surface area contributed by atoms with E-state index in [4.69, 9.17) is 9.47 Å². The van der Waals surface area contributed by atoms with Crippen molar-refractivity contribution < 1.29 is 27.5 Å². The number of sulfonamides is 1. The number of anilines is 1. The highest BCUT2D eigenvalue weighted by atomic mass is 32.2. The zero-order valence-electron chi connectivity index (χ0n) is 25.0. The topological polar surface area (TPSA) is 105 Å². The molecule has 1 atom stereocenters. The van der Waals surface area contributed by atoms with E-state index >= 15 is 0 Å². The molecule has 10 heteroatoms. The van der Waals surface area contributed by atoms with Gasteiger partial charge in [0.25, 0.3) is 0 Å². The number of carbonyl (C=O) groups is 2. The van der Waals surface area contributed by atoms with Crippen LogP contribution in [0.25, 0.3) is 0 Å². The molecule has 0 fully saturated rings. The molecule has 2 amide bonds. The fraction of sp³-hybridized carbons (Fsp3) is 0.375. The maximum Gasteiger partial charge on any atom is 0.244 e. The molecule has 0 radical (unpaired) electrons. The van der Waals surface area contributed by atoms with Crippen LogP contribution < -0.4 is 19.1 Å². The SMILES string of the molecule is CCCCNC(=O)C(Cc1ccccc1)N(Cc1cccc(C)c1)C(=O)CN(c1cc(OC)ccc1OC)S(C)(=O)=O. The largest absolute Gasteiger partial charge is 0.497 e. The van der Waals surface area contributed by atoms with Crippen LogP contribution in [0.5, 0.6) is 11.5 Å². The smallest absolute Gasteiger partial charge is 0.244 e. The van der Waals surface area contributed by atoms with Gasteiger partial charge in [0, 0.05) is 25.6 Å². The van der Waals surface area contributed by atoms with E-state index in [0.29, 0.717) is 12.3 Å². The van der Waals surface area contributed by atoms with E-state index in [9.17, 15) is 18.0 Å². The summed E-state index contributed by atoms with van der Waals surface area (Å²) in [5.74, 6) is -0.158. The average Bonchev–Trinajstić information content (AvgIpc) is 2.97. The molecule has 0 aliphatic heterocycles. The number of carbonyl (C=O) groups excluding carboxylic acids is 2. The molecule has 0 saturated heterocycles. The number of unbranched alkanes of at least 4 members (excludes halogenated alkanes) is 1. The van der Waals surface area contributed by atoms with E-state index in [-0.39, 0.29) is 30.3 Å². The van der Waals surface area contributed by atoms with Crippen LogP contribution in [0.2, 0.25) is 0 Å². The van der Waals surface area contributed by atoms with Gasteiger partial charge in [0.2, 0.25) is 21.8 Å². The normalized spacial score (nSPS) is 11.8. The summed E-state index contributed by atoms with van der Waals surface area (Å²) >= 11 is 0. The molecule has 3 aromatic rings. The lowest BCUT2D eigenvalue weighted by Gasteiger charge is -2.34. The summed E-state index contributed by atoms with van der Waals surface area (Å²) in [4.78, 5) is 29.4. The summed E-state index contributed by atoms with van der Waals surface area (Å²) in [5, 5.41) is 2.98. The minimum Gasteiger partial charge on any atom is -0.497 e. The third-order valence-electron chi connectivity index (χ3n) is 6.87. The molecule has 0 heterocycles. The molecule has 226 valence electrons. The molecule has 1 unspecified atom stereocenters. The summed E-state index contributed by atoms with van der Waals surface area (Å²) in [7, 11) is -1.06. The summed E-state index contributed by atoms with van der Waals surface area (Å²) in [5.41, 5.74) is 2.87. The molecule has 3 rings (SSSR count). The molecule has 3 aromatic carbocycles. The zero-order chi connectivity index (χ0) is 30.7. The molecule has 0 spiro atoms. The summed E-state index contributed by atoms with van der Waals surface area (Å²) in [6.07, 6.45) is 3.00. The van der Waals surface area contributed by atoms with Gasteiger partial charge in [0.1, 0.15) is 24.1 Å². The van der Waals surface area contributed by atoms with Crippen LogP contribution in [-0.4, -0.2) is 64.7 Å². The van der Waals surface area contributed by atoms with Crippen molar-refractivity contribution in [1.29, 1.82) is 0 Å². The van der Waals surface area contributed by atoms with Gasteiger partial charge in [-0.15, -0.1) is 0 Å². The molecule has 0 saturated carbocycles. The third kappa shape index (κ3) is 8.97. The Kier molecular flexibility index (Phi) is 11.8. The van der Waals surface area contributed by atoms with Crippen molar-refractivity contribution in [3.8, 4) is 11.5 Å². The molecule has 0 aliphatic rings. The van der Waals surface area contributed by atoms with Crippen LogP contribution in [0.1, 0.15) is 36.5 Å². The number of nitrogens with zero attached hydrogens (tertiary/aromatic N) is 2. The van der Waals surface area contributed by atoms with E-state index in [2.05, 4.69) is 5.32 Å². The molecule has 9 nitrogen and oxygen atoms in total. The second-order valence-corrected chi connectivity index (χ2v) is 12.1. The Labute approximate surface area is 249 Å². The van der Waals surface area contributed by atoms with Crippen LogP contribution in [0, 0.1) is 6.92 Å². The van der Waals surface area contributed by atoms with E-state index in [1.165, 1.54) is 25.2 Å². The highest BCUT2D eigenvalue weighted by Gasteiger charge is 2.33. The third-order valence-corrected chi connectivity index (χ3v) is 8.00. The van der Waals surface area contributed by atoms with Crippen LogP contribution in [-0.2, 0) is 32.6 Å². The lowest BCUT2D eigenvalue weighted by atomic mass is 10.0. The standard InChI is InChI=1S/C32H41N3O6S/c1-6-7-18-33-32(37)29(20-25-13-9-8-10-14-25)34(22-26-15-11-12-24(2)19-26)31(36)23-35(42(5,38)39)28-21-27(40-3)16-17-30(28)41-4/h8-17,19,21,29H,6-7,18,20,22-23H2,1-5H3,(H,33,37). The number of aryl methyl sites for hydroxylation is 1. The first kappa shape index (κ1) is 32.5. The number of amides is 2. The van der Waals surface area contributed by atoms with Gasteiger partial charge in [0.15, 0.2) is 0 Å². The molecular weight excluding hydrogens is 554 g/mol. The minimum atomic E-state index is -3.96. The maximum absolute atomic E-state index is 14.3. The van der Waals surface area contributed by atoms with Crippen molar-refractivity contribution in [2.75, 3.05) is 37.9 Å². The van der Waals surface area contributed by atoms with Gasteiger partial charge in [-0.1, -0.05) is 73.5 Å². The molecule has 0 bridgehead atoms. The Morgan fingerprint density at radius 3 is 2.26 bits per heavy atom. The van der Waals surface area contributed by atoms with Gasteiger partial charge in [-0.25, -0.2) is 8.42 Å². The number of hydrogen-bond acceptors (Lipinski definition) is 6. The number of rotatable bonds is 15. The zero-order valence-corrected chi connectivity index (χ0v) is 25.8. The van der Waals surface area contributed by atoms with Crippen molar-refractivity contribution in [1.82, 2.24) is 10.2 Å². The molecular formula is C32H41N3O6S. The molecule has 0 aromatic heterocycles. The summed E-state index contributed by atoms with van der Waals surface area (Å²) in [6, 6.07) is 21.0. The Morgan fingerprint density at radius 1 is 0.929 bits per heavy atom. The minimum absolute atomic E-state index is 0.117. The Balaban J connectivity index is 2.09. The summed E-state index contributed by atoms with van der Waals surface area (Å²) < 4.78 is 38.0. The molecule has 1 N–H and O–H groups in total. The molecule has 0 aliphatic carbocycles. The number of nitrogens with one attached hydrogen (secondary N) is 1. The fourth-order valence-electron chi connectivity index (χ4n) is 4.65. The van der Waals surface area contributed by atoms with E-state index in [1.54, 1.807) is 12.1 Å². The number of ether oxygens (including phenoxy) is 2. The highest BCUT2D eigenvalue weighted by molar-refractivity contribution is 7.92. The monoisotopic (exact) mass is 595 g/mol. The lowest BCUT2D eigenvalue weighted by molar-refractivity contribution is -0.140. The van der Waals surface area contributed by atoms with Gasteiger partial charge in [0.05, 0.1) is 26.2 Å². The van der Waals surface area contributed by atoms with Gasteiger partial charge < -0.3 is 19.7 Å². The first-order valence-corrected chi connectivity index (χ1v) is 15.8. The number of benzene rings is 3. The first-order chi connectivity index (χ1) is 20.1. The van der Waals surface area contributed by atoms with E-state index in [0.717, 1.165) is 40.1 Å². The Hall–Kier alpha value is -4.05.